The van der Waals surface area contributed by atoms with E-state index in [1.54, 1.807) is 51.0 Å². The van der Waals surface area contributed by atoms with Crippen LogP contribution in [0, 0.1) is 0 Å². The minimum absolute atomic E-state index is 0.453. The molecule has 1 aromatic rings. The van der Waals surface area contributed by atoms with Gasteiger partial charge in [-0.25, -0.2) is 4.79 Å². The molecule has 18 heavy (non-hydrogen) atoms. The summed E-state index contributed by atoms with van der Waals surface area (Å²) in [4.78, 5) is 15.0. The molecule has 0 aromatic carbocycles. The Morgan fingerprint density at radius 2 is 2.17 bits per heavy atom. The zero-order valence-corrected chi connectivity index (χ0v) is 12.6. The van der Waals surface area contributed by atoms with E-state index in [-0.39, 0.29) is 0 Å². The van der Waals surface area contributed by atoms with Gasteiger partial charge in [-0.05, 0) is 32.6 Å². The molecule has 0 unspecified atom stereocenters. The lowest BCUT2D eigenvalue weighted by atomic mass is 10.2. The number of hydrogen-bond donors (Lipinski definition) is 1. The van der Waals surface area contributed by atoms with Crippen molar-refractivity contribution in [2.75, 3.05) is 5.75 Å². The third-order valence-corrected chi connectivity index (χ3v) is 2.81. The molecule has 1 amide bonds. The minimum Gasteiger partial charge on any atom is -0.444 e. The molecule has 6 heteroatoms. The predicted octanol–water partition coefficient (Wildman–Crippen LogP) is 3.73. The van der Waals surface area contributed by atoms with Crippen molar-refractivity contribution in [3.05, 3.63) is 23.5 Å². The van der Waals surface area contributed by atoms with Crippen molar-refractivity contribution in [3.8, 4) is 0 Å². The Kier molecular flexibility index (Phi) is 7.78. The molecule has 0 aliphatic heterocycles. The highest BCUT2D eigenvalue weighted by molar-refractivity contribution is 7.99. The quantitative estimate of drug-likeness (QED) is 0.843. The molecule has 0 bridgehead atoms. The van der Waals surface area contributed by atoms with Gasteiger partial charge in [-0.2, -0.15) is 0 Å². The van der Waals surface area contributed by atoms with Crippen molar-refractivity contribution in [1.29, 1.82) is 0 Å². The molecule has 1 aromatic heterocycles. The van der Waals surface area contributed by atoms with Crippen LogP contribution in [-0.4, -0.2) is 22.4 Å². The van der Waals surface area contributed by atoms with Crippen LogP contribution in [0.25, 0.3) is 0 Å². The number of nitrogens with zero attached hydrogens (tertiary/aromatic N) is 1. The second-order valence-electron chi connectivity index (χ2n) is 4.27. The van der Waals surface area contributed by atoms with Crippen LogP contribution in [0.3, 0.4) is 0 Å². The average Bonchev–Trinajstić information content (AvgIpc) is 2.19. The Balaban J connectivity index is 0.000000331. The van der Waals surface area contributed by atoms with Crippen molar-refractivity contribution in [3.63, 3.8) is 0 Å². The maximum Gasteiger partial charge on any atom is 0.405 e. The average molecular weight is 291 g/mol. The van der Waals surface area contributed by atoms with E-state index in [9.17, 15) is 4.79 Å². The monoisotopic (exact) mass is 290 g/mol. The van der Waals surface area contributed by atoms with E-state index in [4.69, 9.17) is 17.3 Å². The predicted molar refractivity (Wildman–Crippen MR) is 76.1 cm³/mol. The Hall–Kier alpha value is -0.940. The Morgan fingerprint density at radius 3 is 2.50 bits per heavy atom. The summed E-state index contributed by atoms with van der Waals surface area (Å²) in [5.74, 6) is 1.03. The number of aromatic nitrogens is 1. The summed E-state index contributed by atoms with van der Waals surface area (Å²) in [6, 6.07) is 1.81. The number of ether oxygens (including phenoxy) is 1. The van der Waals surface area contributed by atoms with Crippen molar-refractivity contribution < 1.29 is 9.53 Å². The zero-order chi connectivity index (χ0) is 14.2. The van der Waals surface area contributed by atoms with Gasteiger partial charge < -0.3 is 10.5 Å². The number of rotatable bonds is 2. The number of carbonyl (C=O) groups is 1. The first kappa shape index (κ1) is 17.1. The van der Waals surface area contributed by atoms with Gasteiger partial charge >= 0.3 is 6.09 Å². The van der Waals surface area contributed by atoms with Gasteiger partial charge in [0.15, 0.2) is 0 Å². The lowest BCUT2D eigenvalue weighted by molar-refractivity contribution is 0.0600. The number of pyridine rings is 1. The van der Waals surface area contributed by atoms with Gasteiger partial charge in [0.25, 0.3) is 0 Å². The van der Waals surface area contributed by atoms with Crippen molar-refractivity contribution >= 4 is 29.5 Å². The number of halogens is 1. The van der Waals surface area contributed by atoms with Crippen LogP contribution in [-0.2, 0) is 4.74 Å². The first-order chi connectivity index (χ1) is 8.26. The molecule has 0 atom stereocenters. The smallest absolute Gasteiger partial charge is 0.405 e. The van der Waals surface area contributed by atoms with Gasteiger partial charge in [0.1, 0.15) is 5.60 Å². The maximum atomic E-state index is 10.0. The summed E-state index contributed by atoms with van der Waals surface area (Å²) in [7, 11) is 0. The fourth-order valence-electron chi connectivity index (χ4n) is 0.926. The van der Waals surface area contributed by atoms with E-state index in [2.05, 4.69) is 16.6 Å². The van der Waals surface area contributed by atoms with Crippen LogP contribution >= 0.6 is 23.4 Å². The zero-order valence-electron chi connectivity index (χ0n) is 11.1. The first-order valence-electron chi connectivity index (χ1n) is 5.47. The van der Waals surface area contributed by atoms with Crippen LogP contribution < -0.4 is 5.73 Å². The van der Waals surface area contributed by atoms with Gasteiger partial charge in [-0.3, -0.25) is 4.98 Å². The molecular weight excluding hydrogens is 272 g/mol. The van der Waals surface area contributed by atoms with E-state index in [0.717, 1.165) is 15.7 Å². The summed E-state index contributed by atoms with van der Waals surface area (Å²) < 4.78 is 4.58. The standard InChI is InChI=1S/C7H8ClNS.C5H11NO2/c1-2-10-7-5-9-4-3-6(7)8;1-5(2,3)8-4(6)7/h3-5H,2H2,1H3;1-3H3,(H2,6,7). The number of primary amides is 1. The third kappa shape index (κ3) is 9.13. The van der Waals surface area contributed by atoms with Gasteiger partial charge in [-0.15, -0.1) is 11.8 Å². The van der Waals surface area contributed by atoms with Gasteiger partial charge in [-0.1, -0.05) is 18.5 Å². The Bertz CT molecular complexity index is 381. The van der Waals surface area contributed by atoms with Crippen LogP contribution in [0.2, 0.25) is 5.02 Å². The van der Waals surface area contributed by atoms with E-state index >= 15 is 0 Å². The molecule has 2 N–H and O–H groups in total. The molecule has 0 saturated heterocycles. The number of carbonyl (C=O) groups excluding carboxylic acids is 1. The second-order valence-corrected chi connectivity index (χ2v) is 5.99. The van der Waals surface area contributed by atoms with Crippen LogP contribution in [0.15, 0.2) is 23.4 Å². The molecule has 1 heterocycles. The Labute approximate surface area is 117 Å². The fraction of sp³-hybridized carbons (Fsp3) is 0.500. The summed E-state index contributed by atoms with van der Waals surface area (Å²) in [5.41, 5.74) is 4.26. The number of amides is 1. The van der Waals surface area contributed by atoms with Gasteiger partial charge in [0, 0.05) is 17.3 Å². The van der Waals surface area contributed by atoms with E-state index < -0.39 is 11.7 Å². The van der Waals surface area contributed by atoms with E-state index in [1.165, 1.54) is 0 Å². The topological polar surface area (TPSA) is 65.2 Å². The molecule has 1 rings (SSSR count). The van der Waals surface area contributed by atoms with Crippen LogP contribution in [0.4, 0.5) is 4.79 Å². The summed E-state index contributed by atoms with van der Waals surface area (Å²) in [5, 5.41) is 0.793. The number of thioether (sulfide) groups is 1. The summed E-state index contributed by atoms with van der Waals surface area (Å²) >= 11 is 7.55. The first-order valence-corrected chi connectivity index (χ1v) is 6.83. The van der Waals surface area contributed by atoms with Crippen molar-refractivity contribution in [2.45, 2.75) is 38.2 Å². The molecule has 0 fully saturated rings. The third-order valence-electron chi connectivity index (χ3n) is 1.44. The Morgan fingerprint density at radius 1 is 1.56 bits per heavy atom. The summed E-state index contributed by atoms with van der Waals surface area (Å²) in [6.45, 7) is 7.38. The van der Waals surface area contributed by atoms with Crippen molar-refractivity contribution in [2.24, 2.45) is 5.73 Å². The maximum absolute atomic E-state index is 10.0. The van der Waals surface area contributed by atoms with Gasteiger partial charge in [0.05, 0.1) is 5.02 Å². The molecule has 4 nitrogen and oxygen atoms in total. The molecule has 0 saturated carbocycles. The second kappa shape index (κ2) is 8.21. The number of nitrogens with two attached hydrogens (primary N) is 1. The largest absolute Gasteiger partial charge is 0.444 e. The van der Waals surface area contributed by atoms with Crippen LogP contribution in [0.1, 0.15) is 27.7 Å². The van der Waals surface area contributed by atoms with E-state index in [1.807, 2.05) is 0 Å². The molecular formula is C12H19ClN2O2S. The van der Waals surface area contributed by atoms with E-state index in [0.29, 0.717) is 0 Å². The molecule has 0 radical (unpaired) electrons. The summed E-state index contributed by atoms with van der Waals surface area (Å²) in [6.07, 6.45) is 2.76. The molecule has 0 aliphatic carbocycles. The lowest BCUT2D eigenvalue weighted by Crippen LogP contribution is -2.27. The normalized spacial score (nSPS) is 10.3. The lowest BCUT2D eigenvalue weighted by Gasteiger charge is -2.16. The highest BCUT2D eigenvalue weighted by Gasteiger charge is 2.12. The molecule has 0 aliphatic rings. The van der Waals surface area contributed by atoms with Crippen molar-refractivity contribution in [1.82, 2.24) is 4.98 Å². The number of hydrogen-bond acceptors (Lipinski definition) is 4. The molecule has 0 spiro atoms. The fourth-order valence-corrected chi connectivity index (χ4v) is 1.85. The van der Waals surface area contributed by atoms with Gasteiger partial charge in [0.2, 0.25) is 0 Å². The molecule has 102 valence electrons. The highest BCUT2D eigenvalue weighted by atomic mass is 35.5. The van der Waals surface area contributed by atoms with Crippen LogP contribution in [0.5, 0.6) is 0 Å². The SMILES string of the molecule is CC(C)(C)OC(N)=O.CCSc1cnccc1Cl. The minimum atomic E-state index is -0.725. The highest BCUT2D eigenvalue weighted by Crippen LogP contribution is 2.24.